The van der Waals surface area contributed by atoms with Crippen LogP contribution in [0, 0.1) is 11.3 Å². The van der Waals surface area contributed by atoms with E-state index in [2.05, 4.69) is 5.32 Å². The quantitative estimate of drug-likeness (QED) is 0.859. The molecule has 5 nitrogen and oxygen atoms in total. The molecule has 0 atom stereocenters. The van der Waals surface area contributed by atoms with Crippen molar-refractivity contribution in [2.75, 3.05) is 5.32 Å². The van der Waals surface area contributed by atoms with Crippen molar-refractivity contribution in [2.24, 2.45) is 0 Å². The van der Waals surface area contributed by atoms with Crippen LogP contribution in [0.25, 0.3) is 0 Å². The maximum atomic E-state index is 13.3. The molecular weight excluding hydrogens is 372 g/mol. The number of nitrogens with zero attached hydrogens (tertiary/aromatic N) is 1. The van der Waals surface area contributed by atoms with Crippen molar-refractivity contribution in [1.82, 2.24) is 0 Å². The Morgan fingerprint density at radius 1 is 1.04 bits per heavy atom. The first-order chi connectivity index (χ1) is 12.4. The number of sulfone groups is 1. The molecule has 1 fully saturated rings. The number of halogens is 1. The van der Waals surface area contributed by atoms with Gasteiger partial charge >= 0.3 is 0 Å². The number of carbonyl (C=O) groups is 1. The number of rotatable bonds is 4. The van der Waals surface area contributed by atoms with E-state index in [1.807, 2.05) is 6.07 Å². The van der Waals surface area contributed by atoms with Crippen LogP contribution in [0.5, 0.6) is 0 Å². The van der Waals surface area contributed by atoms with E-state index in [9.17, 15) is 13.2 Å². The Morgan fingerprint density at radius 3 is 2.15 bits per heavy atom. The van der Waals surface area contributed by atoms with E-state index in [1.54, 1.807) is 24.3 Å². The summed E-state index contributed by atoms with van der Waals surface area (Å²) in [7, 11) is -3.87. The predicted octanol–water partition coefficient (Wildman–Crippen LogP) is 3.94. The van der Waals surface area contributed by atoms with Gasteiger partial charge in [0, 0.05) is 10.7 Å². The zero-order valence-corrected chi connectivity index (χ0v) is 15.5. The summed E-state index contributed by atoms with van der Waals surface area (Å²) in [5.74, 6) is -0.533. The summed E-state index contributed by atoms with van der Waals surface area (Å²) in [6, 6.07) is 14.2. The number of amides is 1. The highest BCUT2D eigenvalue weighted by Crippen LogP contribution is 2.41. The minimum absolute atomic E-state index is 0.0961. The second kappa shape index (κ2) is 7.10. The Kier molecular flexibility index (Phi) is 5.03. The SMILES string of the molecule is N#Cc1ccc(NC(=O)C2(S(=O)(=O)c3ccc(Cl)cc3)CCCC2)cc1. The molecule has 1 aliphatic rings. The molecule has 0 radical (unpaired) electrons. The highest BCUT2D eigenvalue weighted by atomic mass is 35.5. The number of hydrogen-bond acceptors (Lipinski definition) is 4. The molecule has 2 aromatic rings. The fourth-order valence-corrected chi connectivity index (χ4v) is 5.47. The van der Waals surface area contributed by atoms with Crippen molar-refractivity contribution in [3.8, 4) is 6.07 Å². The van der Waals surface area contributed by atoms with E-state index in [1.165, 1.54) is 24.3 Å². The molecule has 3 rings (SSSR count). The molecule has 1 N–H and O–H groups in total. The number of benzene rings is 2. The van der Waals surface area contributed by atoms with E-state index < -0.39 is 20.5 Å². The highest BCUT2D eigenvalue weighted by molar-refractivity contribution is 7.93. The monoisotopic (exact) mass is 388 g/mol. The van der Waals surface area contributed by atoms with Gasteiger partial charge < -0.3 is 5.32 Å². The molecule has 2 aromatic carbocycles. The van der Waals surface area contributed by atoms with E-state index in [4.69, 9.17) is 16.9 Å². The second-order valence-corrected chi connectivity index (χ2v) is 9.00. The van der Waals surface area contributed by atoms with Gasteiger partial charge in [0.25, 0.3) is 0 Å². The molecule has 0 aromatic heterocycles. The van der Waals surface area contributed by atoms with Crippen LogP contribution in [0.2, 0.25) is 5.02 Å². The molecule has 0 spiro atoms. The van der Waals surface area contributed by atoms with Crippen LogP contribution in [0.3, 0.4) is 0 Å². The van der Waals surface area contributed by atoms with Crippen LogP contribution in [-0.4, -0.2) is 19.1 Å². The maximum Gasteiger partial charge on any atom is 0.246 e. The molecule has 1 amide bonds. The third-order valence-electron chi connectivity index (χ3n) is 4.74. The number of carbonyl (C=O) groups excluding carboxylic acids is 1. The third kappa shape index (κ3) is 3.20. The van der Waals surface area contributed by atoms with Crippen molar-refractivity contribution in [3.05, 3.63) is 59.1 Å². The van der Waals surface area contributed by atoms with Gasteiger partial charge in [0.05, 0.1) is 16.5 Å². The fraction of sp³-hybridized carbons (Fsp3) is 0.263. The van der Waals surface area contributed by atoms with Crippen LogP contribution in [0.4, 0.5) is 5.69 Å². The van der Waals surface area contributed by atoms with E-state index >= 15 is 0 Å². The van der Waals surface area contributed by atoms with Gasteiger partial charge in [-0.15, -0.1) is 0 Å². The second-order valence-electron chi connectivity index (χ2n) is 6.30. The Hall–Kier alpha value is -2.36. The van der Waals surface area contributed by atoms with Crippen LogP contribution in [-0.2, 0) is 14.6 Å². The lowest BCUT2D eigenvalue weighted by molar-refractivity contribution is -0.118. The lowest BCUT2D eigenvalue weighted by atomic mass is 10.1. The van der Waals surface area contributed by atoms with Gasteiger partial charge in [-0.1, -0.05) is 24.4 Å². The number of nitrogens with one attached hydrogen (secondary N) is 1. The third-order valence-corrected chi connectivity index (χ3v) is 7.50. The Morgan fingerprint density at radius 2 is 1.62 bits per heavy atom. The molecule has 0 saturated heterocycles. The summed E-state index contributed by atoms with van der Waals surface area (Å²) in [4.78, 5) is 13.1. The summed E-state index contributed by atoms with van der Waals surface area (Å²) in [5, 5.41) is 12.0. The molecule has 1 aliphatic carbocycles. The summed E-state index contributed by atoms with van der Waals surface area (Å²) < 4.78 is 25.0. The largest absolute Gasteiger partial charge is 0.325 e. The summed E-state index contributed by atoms with van der Waals surface area (Å²) in [5.41, 5.74) is 0.930. The minimum atomic E-state index is -3.87. The number of nitriles is 1. The van der Waals surface area contributed by atoms with Crippen molar-refractivity contribution in [2.45, 2.75) is 35.3 Å². The fourth-order valence-electron chi connectivity index (χ4n) is 3.28. The maximum absolute atomic E-state index is 13.3. The summed E-state index contributed by atoms with van der Waals surface area (Å²) in [6.07, 6.45) is 1.90. The molecule has 0 bridgehead atoms. The van der Waals surface area contributed by atoms with Crippen molar-refractivity contribution < 1.29 is 13.2 Å². The first-order valence-corrected chi connectivity index (χ1v) is 10.1. The van der Waals surface area contributed by atoms with Gasteiger partial charge in [0.2, 0.25) is 5.91 Å². The van der Waals surface area contributed by atoms with E-state index in [0.717, 1.165) is 0 Å². The number of hydrogen-bond donors (Lipinski definition) is 1. The topological polar surface area (TPSA) is 87.0 Å². The Balaban J connectivity index is 1.95. The lowest BCUT2D eigenvalue weighted by Gasteiger charge is -2.27. The standard InChI is InChI=1S/C19H17ClN2O3S/c20-15-5-9-17(10-6-15)26(24,25)19(11-1-2-12-19)18(23)22-16-7-3-14(13-21)4-8-16/h3-10H,1-2,11-12H2,(H,22,23). The van der Waals surface area contributed by atoms with Gasteiger partial charge in [-0.25, -0.2) is 8.42 Å². The van der Waals surface area contributed by atoms with Crippen LogP contribution >= 0.6 is 11.6 Å². The average Bonchev–Trinajstić information content (AvgIpc) is 3.14. The van der Waals surface area contributed by atoms with Gasteiger partial charge in [0.1, 0.15) is 0 Å². The Labute approximate surface area is 157 Å². The van der Waals surface area contributed by atoms with Crippen LogP contribution in [0.15, 0.2) is 53.4 Å². The van der Waals surface area contributed by atoms with Gasteiger partial charge in [-0.3, -0.25) is 4.79 Å². The summed E-state index contributed by atoms with van der Waals surface area (Å²) in [6.45, 7) is 0. The molecule has 0 heterocycles. The van der Waals surface area contributed by atoms with Crippen LogP contribution < -0.4 is 5.32 Å². The Bertz CT molecular complexity index is 955. The molecule has 0 unspecified atom stereocenters. The molecule has 7 heteroatoms. The van der Waals surface area contributed by atoms with Gasteiger partial charge in [-0.2, -0.15) is 5.26 Å². The minimum Gasteiger partial charge on any atom is -0.325 e. The molecular formula is C19H17ClN2O3S. The lowest BCUT2D eigenvalue weighted by Crippen LogP contribution is -2.47. The first-order valence-electron chi connectivity index (χ1n) is 8.21. The first kappa shape index (κ1) is 18.4. The zero-order valence-electron chi connectivity index (χ0n) is 13.9. The summed E-state index contributed by atoms with van der Waals surface area (Å²) >= 11 is 5.85. The van der Waals surface area contributed by atoms with Gasteiger partial charge in [-0.05, 0) is 61.4 Å². The molecule has 0 aliphatic heterocycles. The van der Waals surface area contributed by atoms with Crippen molar-refractivity contribution >= 4 is 33.0 Å². The van der Waals surface area contributed by atoms with Gasteiger partial charge in [0.15, 0.2) is 14.6 Å². The van der Waals surface area contributed by atoms with E-state index in [-0.39, 0.29) is 17.7 Å². The average molecular weight is 389 g/mol. The van der Waals surface area contributed by atoms with E-state index in [0.29, 0.717) is 29.1 Å². The number of anilines is 1. The molecule has 134 valence electrons. The predicted molar refractivity (Wildman–Crippen MR) is 99.6 cm³/mol. The normalized spacial score (nSPS) is 16.0. The smallest absolute Gasteiger partial charge is 0.246 e. The molecule has 1 saturated carbocycles. The van der Waals surface area contributed by atoms with Crippen molar-refractivity contribution in [3.63, 3.8) is 0 Å². The molecule has 26 heavy (non-hydrogen) atoms. The van der Waals surface area contributed by atoms with Crippen molar-refractivity contribution in [1.29, 1.82) is 5.26 Å². The zero-order chi connectivity index (χ0) is 18.8. The van der Waals surface area contributed by atoms with Crippen LogP contribution in [0.1, 0.15) is 31.2 Å². The highest BCUT2D eigenvalue weighted by Gasteiger charge is 2.52.